The van der Waals surface area contributed by atoms with Crippen LogP contribution in [0.25, 0.3) is 0 Å². The second-order valence-electron chi connectivity index (χ2n) is 4.79. The molecule has 0 aromatic carbocycles. The first-order valence-corrected chi connectivity index (χ1v) is 8.20. The van der Waals surface area contributed by atoms with Crippen LogP contribution in [0.5, 0.6) is 0 Å². The van der Waals surface area contributed by atoms with Gasteiger partial charge < -0.3 is 0 Å². The molecule has 19 heavy (non-hydrogen) atoms. The Hall–Kier alpha value is -0.950. The number of rotatable bonds is 5. The molecule has 1 aliphatic rings. The van der Waals surface area contributed by atoms with Crippen molar-refractivity contribution in [2.75, 3.05) is 10.7 Å². The van der Waals surface area contributed by atoms with Gasteiger partial charge in [-0.15, -0.1) is 22.0 Å². The summed E-state index contributed by atoms with van der Waals surface area (Å²) in [6, 6.07) is 0. The molecular weight excluding hydrogens is 282 g/mol. The Morgan fingerprint density at radius 3 is 2.79 bits per heavy atom. The van der Waals surface area contributed by atoms with Gasteiger partial charge in [0.15, 0.2) is 0 Å². The van der Waals surface area contributed by atoms with Gasteiger partial charge in [0.2, 0.25) is 16.9 Å². The van der Waals surface area contributed by atoms with E-state index in [2.05, 4.69) is 24.0 Å². The lowest BCUT2D eigenvalue weighted by Gasteiger charge is -2.09. The minimum absolute atomic E-state index is 0.149. The summed E-state index contributed by atoms with van der Waals surface area (Å²) in [4.78, 5) is 25.3. The second kappa shape index (κ2) is 6.00. The fourth-order valence-corrected chi connectivity index (χ4v) is 3.89. The molecule has 1 aromatic heterocycles. The lowest BCUT2D eigenvalue weighted by molar-refractivity contribution is -0.121. The van der Waals surface area contributed by atoms with Crippen molar-refractivity contribution in [2.24, 2.45) is 5.92 Å². The van der Waals surface area contributed by atoms with E-state index in [0.717, 1.165) is 17.2 Å². The van der Waals surface area contributed by atoms with Crippen LogP contribution in [-0.2, 0) is 16.0 Å². The number of amides is 2. The maximum Gasteiger partial charge on any atom is 0.249 e. The monoisotopic (exact) mass is 299 g/mol. The molecule has 0 spiro atoms. The van der Waals surface area contributed by atoms with E-state index in [9.17, 15) is 9.59 Å². The molecule has 0 N–H and O–H groups in total. The zero-order valence-electron chi connectivity index (χ0n) is 11.3. The molecule has 104 valence electrons. The van der Waals surface area contributed by atoms with Crippen LogP contribution in [-0.4, -0.2) is 33.0 Å². The minimum Gasteiger partial charge on any atom is -0.274 e. The van der Waals surface area contributed by atoms with Gasteiger partial charge in [-0.1, -0.05) is 32.1 Å². The third kappa shape index (κ3) is 3.14. The summed E-state index contributed by atoms with van der Waals surface area (Å²) in [7, 11) is 0. The number of carbonyl (C=O) groups excluding carboxylic acids is 2. The van der Waals surface area contributed by atoms with Crippen LogP contribution in [0.15, 0.2) is 0 Å². The van der Waals surface area contributed by atoms with Crippen molar-refractivity contribution in [3.05, 3.63) is 5.01 Å². The molecule has 1 saturated heterocycles. The van der Waals surface area contributed by atoms with Crippen molar-refractivity contribution < 1.29 is 9.59 Å². The van der Waals surface area contributed by atoms with Crippen molar-refractivity contribution in [1.82, 2.24) is 10.2 Å². The Labute approximate surface area is 120 Å². The number of imide groups is 1. The molecule has 7 heteroatoms. The first-order valence-electron chi connectivity index (χ1n) is 6.33. The molecule has 2 amide bonds. The van der Waals surface area contributed by atoms with Crippen LogP contribution < -0.4 is 4.90 Å². The fraction of sp³-hybridized carbons (Fsp3) is 0.667. The number of aromatic nitrogens is 2. The third-order valence-corrected chi connectivity index (χ3v) is 4.74. The highest BCUT2D eigenvalue weighted by Crippen LogP contribution is 2.31. The Kier molecular flexibility index (Phi) is 4.57. The molecule has 2 rings (SSSR count). The summed E-state index contributed by atoms with van der Waals surface area (Å²) in [5, 5.41) is 9.09. The predicted octanol–water partition coefficient (Wildman–Crippen LogP) is 2.12. The second-order valence-corrected chi connectivity index (χ2v) is 7.31. The smallest absolute Gasteiger partial charge is 0.249 e. The summed E-state index contributed by atoms with van der Waals surface area (Å²) in [6.45, 7) is 6.18. The molecule has 5 nitrogen and oxygen atoms in total. The lowest BCUT2D eigenvalue weighted by atomic mass is 10.1. The SMILES string of the molecule is CCSC1CC(=O)N(c2nnc(CC(C)C)s2)C1=O. The minimum atomic E-state index is -0.255. The quantitative estimate of drug-likeness (QED) is 0.779. The Morgan fingerprint density at radius 1 is 1.42 bits per heavy atom. The van der Waals surface area contributed by atoms with E-state index in [4.69, 9.17) is 0 Å². The van der Waals surface area contributed by atoms with E-state index in [0.29, 0.717) is 11.0 Å². The number of nitrogens with zero attached hydrogens (tertiary/aromatic N) is 3. The van der Waals surface area contributed by atoms with Gasteiger partial charge >= 0.3 is 0 Å². The summed E-state index contributed by atoms with van der Waals surface area (Å²) in [5.74, 6) is 0.994. The Bertz CT molecular complexity index is 487. The first-order chi connectivity index (χ1) is 9.02. The number of thioether (sulfide) groups is 1. The topological polar surface area (TPSA) is 63.2 Å². The van der Waals surface area contributed by atoms with Gasteiger partial charge in [-0.25, -0.2) is 4.90 Å². The first kappa shape index (κ1) is 14.5. The highest BCUT2D eigenvalue weighted by Gasteiger charge is 2.41. The molecule has 1 unspecified atom stereocenters. The van der Waals surface area contributed by atoms with Crippen LogP contribution >= 0.6 is 23.1 Å². The Balaban J connectivity index is 2.15. The molecule has 1 aromatic rings. The van der Waals surface area contributed by atoms with Gasteiger partial charge in [0, 0.05) is 12.8 Å². The third-order valence-electron chi connectivity index (χ3n) is 2.70. The van der Waals surface area contributed by atoms with E-state index < -0.39 is 0 Å². The standard InChI is InChI=1S/C12H17N3O2S2/c1-4-18-8-6-10(16)15(11(8)17)12-14-13-9(19-12)5-7(2)3/h7-8H,4-6H2,1-3H3. The maximum absolute atomic E-state index is 12.2. The van der Waals surface area contributed by atoms with Crippen LogP contribution in [0.3, 0.4) is 0 Å². The summed E-state index contributed by atoms with van der Waals surface area (Å²) < 4.78 is 0. The molecule has 0 saturated carbocycles. The highest BCUT2D eigenvalue weighted by molar-refractivity contribution is 8.00. The zero-order valence-corrected chi connectivity index (χ0v) is 12.9. The molecule has 1 aliphatic heterocycles. The van der Waals surface area contributed by atoms with E-state index in [1.54, 1.807) is 0 Å². The fourth-order valence-electron chi connectivity index (χ4n) is 1.90. The van der Waals surface area contributed by atoms with Gasteiger partial charge in [-0.05, 0) is 11.7 Å². The molecule has 0 bridgehead atoms. The normalized spacial score (nSPS) is 19.8. The molecule has 1 fully saturated rings. The van der Waals surface area contributed by atoms with Crippen LogP contribution in [0.1, 0.15) is 32.2 Å². The largest absolute Gasteiger partial charge is 0.274 e. The van der Waals surface area contributed by atoms with Gasteiger partial charge in [0.1, 0.15) is 5.01 Å². The van der Waals surface area contributed by atoms with Gasteiger partial charge in [-0.3, -0.25) is 9.59 Å². The average molecular weight is 299 g/mol. The van der Waals surface area contributed by atoms with E-state index in [1.165, 1.54) is 28.0 Å². The molecular formula is C12H17N3O2S2. The van der Waals surface area contributed by atoms with Crippen molar-refractivity contribution >= 4 is 40.0 Å². The predicted molar refractivity (Wildman–Crippen MR) is 77.5 cm³/mol. The lowest BCUT2D eigenvalue weighted by Crippen LogP contribution is -2.31. The van der Waals surface area contributed by atoms with Gasteiger partial charge in [0.25, 0.3) is 0 Å². The van der Waals surface area contributed by atoms with Crippen molar-refractivity contribution in [1.29, 1.82) is 0 Å². The zero-order chi connectivity index (χ0) is 14.0. The van der Waals surface area contributed by atoms with E-state index >= 15 is 0 Å². The summed E-state index contributed by atoms with van der Waals surface area (Å²) >= 11 is 2.85. The molecule has 1 atom stereocenters. The molecule has 0 aliphatic carbocycles. The van der Waals surface area contributed by atoms with Gasteiger partial charge in [-0.2, -0.15) is 0 Å². The van der Waals surface area contributed by atoms with E-state index in [-0.39, 0.29) is 23.5 Å². The summed E-state index contributed by atoms with van der Waals surface area (Å²) in [5.41, 5.74) is 0. The van der Waals surface area contributed by atoms with Crippen molar-refractivity contribution in [3.63, 3.8) is 0 Å². The van der Waals surface area contributed by atoms with E-state index in [1.807, 2.05) is 6.92 Å². The number of carbonyl (C=O) groups is 2. The number of hydrogen-bond acceptors (Lipinski definition) is 6. The summed E-state index contributed by atoms with van der Waals surface area (Å²) in [6.07, 6.45) is 1.09. The Morgan fingerprint density at radius 2 is 2.16 bits per heavy atom. The number of anilines is 1. The van der Waals surface area contributed by atoms with Crippen LogP contribution in [0.4, 0.5) is 5.13 Å². The highest BCUT2D eigenvalue weighted by atomic mass is 32.2. The molecule has 2 heterocycles. The maximum atomic E-state index is 12.2. The van der Waals surface area contributed by atoms with Gasteiger partial charge in [0.05, 0.1) is 5.25 Å². The van der Waals surface area contributed by atoms with Crippen LogP contribution in [0.2, 0.25) is 0 Å². The average Bonchev–Trinajstić information content (AvgIpc) is 2.85. The van der Waals surface area contributed by atoms with Crippen molar-refractivity contribution in [2.45, 2.75) is 38.9 Å². The van der Waals surface area contributed by atoms with Crippen LogP contribution in [0, 0.1) is 5.92 Å². The van der Waals surface area contributed by atoms with Crippen molar-refractivity contribution in [3.8, 4) is 0 Å². The molecule has 0 radical (unpaired) electrons. The number of hydrogen-bond donors (Lipinski definition) is 0.